The van der Waals surface area contributed by atoms with Crippen molar-refractivity contribution in [1.29, 1.82) is 0 Å². The van der Waals surface area contributed by atoms with Gasteiger partial charge < -0.3 is 10.5 Å². The lowest BCUT2D eigenvalue weighted by Gasteiger charge is -2.16. The van der Waals surface area contributed by atoms with Crippen molar-refractivity contribution < 1.29 is 4.74 Å². The van der Waals surface area contributed by atoms with Gasteiger partial charge in [-0.25, -0.2) is 4.98 Å². The van der Waals surface area contributed by atoms with Crippen LogP contribution in [0.3, 0.4) is 0 Å². The van der Waals surface area contributed by atoms with Crippen LogP contribution in [0, 0.1) is 6.92 Å². The fraction of sp³-hybridized carbons (Fsp3) is 0.267. The second kappa shape index (κ2) is 6.02. The molecule has 0 radical (unpaired) electrons. The van der Waals surface area contributed by atoms with Crippen LogP contribution in [0.5, 0.6) is 11.6 Å². The van der Waals surface area contributed by atoms with Crippen LogP contribution in [0.25, 0.3) is 0 Å². The third-order valence-electron chi connectivity index (χ3n) is 3.00. The molecule has 1 aromatic carbocycles. The molecule has 0 spiro atoms. The van der Waals surface area contributed by atoms with Crippen molar-refractivity contribution in [3.8, 4) is 11.6 Å². The van der Waals surface area contributed by atoms with Crippen LogP contribution in [-0.4, -0.2) is 4.98 Å². The number of nitrogens with two attached hydrogens (primary N) is 1. The summed E-state index contributed by atoms with van der Waals surface area (Å²) in [5, 5.41) is 0.557. The van der Waals surface area contributed by atoms with E-state index in [-0.39, 0.29) is 0 Å². The van der Waals surface area contributed by atoms with E-state index in [1.807, 2.05) is 19.1 Å². The zero-order chi connectivity index (χ0) is 14.9. The number of aromatic nitrogens is 1. The Labute approximate surface area is 132 Å². The lowest BCUT2D eigenvalue weighted by atomic mass is 9.99. The predicted octanol–water partition coefficient (Wildman–Crippen LogP) is 5.30. The predicted molar refractivity (Wildman–Crippen MR) is 86.7 cm³/mol. The Morgan fingerprint density at radius 3 is 2.60 bits per heavy atom. The number of ether oxygens (including phenoxy) is 1. The molecule has 0 atom stereocenters. The molecule has 1 heterocycles. The molecule has 2 N–H and O–H groups in total. The van der Waals surface area contributed by atoms with Gasteiger partial charge in [-0.15, -0.1) is 0 Å². The standard InChI is InChI=1S/C15H16BrClN2O/c1-8(2)11-6-13(18)9(3)4-14(11)20-15-12(16)5-10(17)7-19-15/h4-8H,18H2,1-3H3. The SMILES string of the molecule is Cc1cc(Oc2ncc(Cl)cc2Br)c(C(C)C)cc1N. The third-order valence-corrected chi connectivity index (χ3v) is 3.78. The Hall–Kier alpha value is -1.26. The van der Waals surface area contributed by atoms with Crippen molar-refractivity contribution in [3.63, 3.8) is 0 Å². The van der Waals surface area contributed by atoms with Crippen molar-refractivity contribution in [2.24, 2.45) is 0 Å². The molecule has 0 amide bonds. The first-order valence-corrected chi connectivity index (χ1v) is 7.44. The molecule has 0 aliphatic heterocycles. The number of benzene rings is 1. The van der Waals surface area contributed by atoms with Crippen LogP contribution in [0.1, 0.15) is 30.9 Å². The van der Waals surface area contributed by atoms with E-state index in [2.05, 4.69) is 34.8 Å². The Morgan fingerprint density at radius 2 is 2.00 bits per heavy atom. The quantitative estimate of drug-likeness (QED) is 0.760. The summed E-state index contributed by atoms with van der Waals surface area (Å²) in [7, 11) is 0. The van der Waals surface area contributed by atoms with Crippen LogP contribution < -0.4 is 10.5 Å². The van der Waals surface area contributed by atoms with Crippen molar-refractivity contribution in [1.82, 2.24) is 4.98 Å². The van der Waals surface area contributed by atoms with Gasteiger partial charge in [0.1, 0.15) is 5.75 Å². The van der Waals surface area contributed by atoms with Crippen molar-refractivity contribution in [2.75, 3.05) is 5.73 Å². The van der Waals surface area contributed by atoms with E-state index in [0.29, 0.717) is 21.3 Å². The summed E-state index contributed by atoms with van der Waals surface area (Å²) in [5.41, 5.74) is 8.77. The number of halogens is 2. The van der Waals surface area contributed by atoms with E-state index >= 15 is 0 Å². The van der Waals surface area contributed by atoms with Gasteiger partial charge in [0, 0.05) is 11.9 Å². The number of hydrogen-bond donors (Lipinski definition) is 1. The summed E-state index contributed by atoms with van der Waals surface area (Å²) in [6.45, 7) is 6.15. The molecular weight excluding hydrogens is 340 g/mol. The second-order valence-corrected chi connectivity index (χ2v) is 6.23. The minimum Gasteiger partial charge on any atom is -0.438 e. The van der Waals surface area contributed by atoms with E-state index in [0.717, 1.165) is 22.6 Å². The van der Waals surface area contributed by atoms with Crippen LogP contribution in [0.4, 0.5) is 5.69 Å². The van der Waals surface area contributed by atoms with Gasteiger partial charge >= 0.3 is 0 Å². The molecule has 0 aliphatic carbocycles. The zero-order valence-corrected chi connectivity index (χ0v) is 13.9. The summed E-state index contributed by atoms with van der Waals surface area (Å²) in [6.07, 6.45) is 1.56. The fourth-order valence-electron chi connectivity index (χ4n) is 1.84. The monoisotopic (exact) mass is 354 g/mol. The lowest BCUT2D eigenvalue weighted by Crippen LogP contribution is -2.00. The highest BCUT2D eigenvalue weighted by molar-refractivity contribution is 9.10. The number of hydrogen-bond acceptors (Lipinski definition) is 3. The van der Waals surface area contributed by atoms with Crippen LogP contribution >= 0.6 is 27.5 Å². The lowest BCUT2D eigenvalue weighted by molar-refractivity contribution is 0.451. The van der Waals surface area contributed by atoms with E-state index in [4.69, 9.17) is 22.1 Å². The minimum absolute atomic E-state index is 0.305. The maximum absolute atomic E-state index is 5.97. The topological polar surface area (TPSA) is 48.1 Å². The van der Waals surface area contributed by atoms with E-state index in [1.54, 1.807) is 12.3 Å². The molecule has 0 aliphatic rings. The molecular formula is C15H16BrClN2O. The smallest absolute Gasteiger partial charge is 0.233 e. The van der Waals surface area contributed by atoms with Crippen molar-refractivity contribution in [2.45, 2.75) is 26.7 Å². The van der Waals surface area contributed by atoms with Crippen LogP contribution in [0.15, 0.2) is 28.9 Å². The molecule has 0 fully saturated rings. The fourth-order valence-corrected chi connectivity index (χ4v) is 2.56. The molecule has 106 valence electrons. The molecule has 20 heavy (non-hydrogen) atoms. The largest absolute Gasteiger partial charge is 0.438 e. The Bertz CT molecular complexity index is 644. The molecule has 0 saturated heterocycles. The van der Waals surface area contributed by atoms with E-state index < -0.39 is 0 Å². The van der Waals surface area contributed by atoms with Gasteiger partial charge in [-0.05, 0) is 58.1 Å². The Kier molecular flexibility index (Phi) is 4.55. The zero-order valence-electron chi connectivity index (χ0n) is 11.6. The Balaban J connectivity index is 2.44. The van der Waals surface area contributed by atoms with Crippen LogP contribution in [0.2, 0.25) is 5.02 Å². The first-order valence-electron chi connectivity index (χ1n) is 6.27. The summed E-state index contributed by atoms with van der Waals surface area (Å²) < 4.78 is 6.64. The maximum Gasteiger partial charge on any atom is 0.233 e. The number of rotatable bonds is 3. The average Bonchev–Trinajstić information content (AvgIpc) is 2.36. The summed E-state index contributed by atoms with van der Waals surface area (Å²) in [5.74, 6) is 1.56. The second-order valence-electron chi connectivity index (χ2n) is 4.94. The van der Waals surface area contributed by atoms with Gasteiger partial charge in [-0.2, -0.15) is 0 Å². The highest BCUT2D eigenvalue weighted by Gasteiger charge is 2.13. The molecule has 1 aromatic heterocycles. The van der Waals surface area contributed by atoms with Gasteiger partial charge in [-0.1, -0.05) is 25.4 Å². The number of pyridine rings is 1. The maximum atomic E-state index is 5.97. The highest BCUT2D eigenvalue weighted by Crippen LogP contribution is 2.36. The molecule has 2 aromatic rings. The normalized spacial score (nSPS) is 10.9. The highest BCUT2D eigenvalue weighted by atomic mass is 79.9. The van der Waals surface area contributed by atoms with Gasteiger partial charge in [0.15, 0.2) is 0 Å². The van der Waals surface area contributed by atoms with Crippen molar-refractivity contribution >= 4 is 33.2 Å². The van der Waals surface area contributed by atoms with E-state index in [9.17, 15) is 0 Å². The first-order chi connectivity index (χ1) is 9.38. The molecule has 0 unspecified atom stereocenters. The number of aryl methyl sites for hydroxylation is 1. The van der Waals surface area contributed by atoms with Gasteiger partial charge in [-0.3, -0.25) is 0 Å². The van der Waals surface area contributed by atoms with Gasteiger partial charge in [0.2, 0.25) is 5.88 Å². The number of nitrogens with zero attached hydrogens (tertiary/aromatic N) is 1. The third kappa shape index (κ3) is 3.25. The summed E-state index contributed by atoms with van der Waals surface area (Å²) in [4.78, 5) is 4.19. The number of anilines is 1. The Morgan fingerprint density at radius 1 is 1.30 bits per heavy atom. The van der Waals surface area contributed by atoms with Gasteiger partial charge in [0.25, 0.3) is 0 Å². The van der Waals surface area contributed by atoms with Crippen LogP contribution in [-0.2, 0) is 0 Å². The van der Waals surface area contributed by atoms with Crippen molar-refractivity contribution in [3.05, 3.63) is 45.0 Å². The van der Waals surface area contributed by atoms with E-state index in [1.165, 1.54) is 0 Å². The summed E-state index contributed by atoms with van der Waals surface area (Å²) >= 11 is 9.29. The molecule has 2 rings (SSSR count). The average molecular weight is 356 g/mol. The molecule has 0 bridgehead atoms. The minimum atomic E-state index is 0.305. The molecule has 0 saturated carbocycles. The molecule has 3 nitrogen and oxygen atoms in total. The van der Waals surface area contributed by atoms with Gasteiger partial charge in [0.05, 0.1) is 9.50 Å². The molecule has 5 heteroatoms. The first kappa shape index (κ1) is 15.1. The summed E-state index contributed by atoms with van der Waals surface area (Å²) in [6, 6.07) is 5.65. The number of nitrogen functional groups attached to an aromatic ring is 1.